The van der Waals surface area contributed by atoms with Gasteiger partial charge in [0.25, 0.3) is 0 Å². The summed E-state index contributed by atoms with van der Waals surface area (Å²) < 4.78 is 6.07. The summed E-state index contributed by atoms with van der Waals surface area (Å²) in [7, 11) is 1.67. The molecule has 7 heteroatoms. The molecule has 3 unspecified atom stereocenters. The lowest BCUT2D eigenvalue weighted by Crippen LogP contribution is -2.23. The highest BCUT2D eigenvalue weighted by atomic mass is 127. The first-order valence-electron chi connectivity index (χ1n) is 6.00. The van der Waals surface area contributed by atoms with Crippen molar-refractivity contribution in [3.63, 3.8) is 0 Å². The number of ether oxygens (including phenoxy) is 1. The average Bonchev–Trinajstić information content (AvgIpc) is 2.38. The first kappa shape index (κ1) is 16.1. The SMILES string of the molecule is COCc1nc(C2CSC(C)C(C)S2)nc(Cl)c1I. The van der Waals surface area contributed by atoms with E-state index >= 15 is 0 Å². The molecule has 1 aromatic heterocycles. The van der Waals surface area contributed by atoms with Crippen molar-refractivity contribution in [2.75, 3.05) is 12.9 Å². The summed E-state index contributed by atoms with van der Waals surface area (Å²) in [5, 5.41) is 2.14. The molecule has 1 saturated heterocycles. The molecule has 106 valence electrons. The minimum Gasteiger partial charge on any atom is -0.378 e. The molecule has 1 fully saturated rings. The summed E-state index contributed by atoms with van der Waals surface area (Å²) >= 11 is 12.3. The zero-order chi connectivity index (χ0) is 14.0. The summed E-state index contributed by atoms with van der Waals surface area (Å²) in [6.45, 7) is 5.01. The molecular formula is C12H16ClIN2OS2. The fourth-order valence-corrected chi connectivity index (χ4v) is 5.21. The quantitative estimate of drug-likeness (QED) is 0.531. The van der Waals surface area contributed by atoms with Crippen LogP contribution in [0.1, 0.15) is 30.6 Å². The van der Waals surface area contributed by atoms with Gasteiger partial charge in [0.1, 0.15) is 11.0 Å². The molecule has 3 nitrogen and oxygen atoms in total. The Bertz CT molecular complexity index is 464. The predicted molar refractivity (Wildman–Crippen MR) is 92.2 cm³/mol. The molecule has 1 aliphatic rings. The van der Waals surface area contributed by atoms with E-state index in [1.807, 2.05) is 23.5 Å². The zero-order valence-electron chi connectivity index (χ0n) is 11.0. The number of aromatic nitrogens is 2. The minimum absolute atomic E-state index is 0.321. The Kier molecular flexibility index (Phi) is 6.08. The second-order valence-electron chi connectivity index (χ2n) is 4.43. The standard InChI is InChI=1S/C12H16ClIN2OS2/c1-6-7(2)19-9(5-18-6)12-15-8(4-17-3)10(14)11(13)16-12/h6-7,9H,4-5H2,1-3H3. The summed E-state index contributed by atoms with van der Waals surface area (Å²) in [4.78, 5) is 9.10. The first-order chi connectivity index (χ1) is 9.02. The van der Waals surface area contributed by atoms with Crippen molar-refractivity contribution in [3.05, 3.63) is 20.2 Å². The maximum atomic E-state index is 6.21. The molecule has 3 atom stereocenters. The summed E-state index contributed by atoms with van der Waals surface area (Å²) in [6.07, 6.45) is 0. The molecule has 0 amide bonds. The van der Waals surface area contributed by atoms with Crippen LogP contribution in [0.2, 0.25) is 5.15 Å². The molecule has 19 heavy (non-hydrogen) atoms. The van der Waals surface area contributed by atoms with Gasteiger partial charge in [-0.1, -0.05) is 25.4 Å². The largest absolute Gasteiger partial charge is 0.378 e. The van der Waals surface area contributed by atoms with Gasteiger partial charge in [-0.25, -0.2) is 9.97 Å². The van der Waals surface area contributed by atoms with Crippen molar-refractivity contribution in [1.82, 2.24) is 9.97 Å². The molecule has 2 heterocycles. The van der Waals surface area contributed by atoms with Crippen LogP contribution in [0.4, 0.5) is 0 Å². The number of halogens is 2. The number of hydrogen-bond donors (Lipinski definition) is 0. The summed E-state index contributed by atoms with van der Waals surface area (Å²) in [6, 6.07) is 0. The average molecular weight is 431 g/mol. The van der Waals surface area contributed by atoms with Gasteiger partial charge in [0.15, 0.2) is 0 Å². The van der Waals surface area contributed by atoms with Crippen LogP contribution in [0.15, 0.2) is 0 Å². The van der Waals surface area contributed by atoms with E-state index in [1.54, 1.807) is 7.11 Å². The Morgan fingerprint density at radius 1 is 1.37 bits per heavy atom. The minimum atomic E-state index is 0.321. The van der Waals surface area contributed by atoms with Crippen LogP contribution in [0.5, 0.6) is 0 Å². The second-order valence-corrected chi connectivity index (χ2v) is 8.87. The van der Waals surface area contributed by atoms with E-state index in [4.69, 9.17) is 16.3 Å². The third kappa shape index (κ3) is 3.90. The van der Waals surface area contributed by atoms with Gasteiger partial charge in [0.05, 0.1) is 21.1 Å². The zero-order valence-corrected chi connectivity index (χ0v) is 15.6. The van der Waals surface area contributed by atoms with Crippen molar-refractivity contribution < 1.29 is 4.74 Å². The molecule has 2 rings (SSSR count). The smallest absolute Gasteiger partial charge is 0.146 e. The molecule has 0 aromatic carbocycles. The lowest BCUT2D eigenvalue weighted by atomic mass is 10.3. The summed E-state index contributed by atoms with van der Waals surface area (Å²) in [5.74, 6) is 1.88. The molecule has 0 N–H and O–H groups in total. The van der Waals surface area contributed by atoms with Crippen LogP contribution >= 0.6 is 57.7 Å². The van der Waals surface area contributed by atoms with Crippen molar-refractivity contribution in [2.45, 2.75) is 36.2 Å². The summed E-state index contributed by atoms with van der Waals surface area (Å²) in [5.41, 5.74) is 0.884. The number of hydrogen-bond acceptors (Lipinski definition) is 5. The highest BCUT2D eigenvalue weighted by molar-refractivity contribution is 14.1. The predicted octanol–water partition coefficient (Wildman–Crippen LogP) is 4.18. The van der Waals surface area contributed by atoms with E-state index in [1.165, 1.54) is 0 Å². The maximum absolute atomic E-state index is 6.21. The number of thioether (sulfide) groups is 2. The van der Waals surface area contributed by atoms with Crippen molar-refractivity contribution in [1.29, 1.82) is 0 Å². The van der Waals surface area contributed by atoms with Gasteiger partial charge in [0.2, 0.25) is 0 Å². The van der Waals surface area contributed by atoms with E-state index in [0.29, 0.717) is 27.5 Å². The van der Waals surface area contributed by atoms with E-state index in [-0.39, 0.29) is 0 Å². The normalized spacial score (nSPS) is 27.5. The third-order valence-corrected chi connectivity index (χ3v) is 8.13. The molecule has 0 bridgehead atoms. The second kappa shape index (κ2) is 7.15. The van der Waals surface area contributed by atoms with Gasteiger partial charge < -0.3 is 4.74 Å². The lowest BCUT2D eigenvalue weighted by Gasteiger charge is -2.30. The topological polar surface area (TPSA) is 35.0 Å². The monoisotopic (exact) mass is 430 g/mol. The van der Waals surface area contributed by atoms with Gasteiger partial charge >= 0.3 is 0 Å². The van der Waals surface area contributed by atoms with Crippen LogP contribution in [-0.4, -0.2) is 33.3 Å². The fraction of sp³-hybridized carbons (Fsp3) is 0.667. The Hall–Kier alpha value is 0.760. The highest BCUT2D eigenvalue weighted by Crippen LogP contribution is 2.43. The molecule has 1 aromatic rings. The van der Waals surface area contributed by atoms with Crippen molar-refractivity contribution >= 4 is 57.7 Å². The number of rotatable bonds is 3. The van der Waals surface area contributed by atoms with Crippen LogP contribution in [-0.2, 0) is 11.3 Å². The Labute approximate surface area is 141 Å². The molecular weight excluding hydrogens is 415 g/mol. The Morgan fingerprint density at radius 2 is 2.11 bits per heavy atom. The Balaban J connectivity index is 2.25. The maximum Gasteiger partial charge on any atom is 0.146 e. The van der Waals surface area contributed by atoms with Crippen LogP contribution in [0.3, 0.4) is 0 Å². The molecule has 0 aliphatic carbocycles. The van der Waals surface area contributed by atoms with E-state index in [0.717, 1.165) is 20.8 Å². The van der Waals surface area contributed by atoms with Crippen LogP contribution in [0.25, 0.3) is 0 Å². The lowest BCUT2D eigenvalue weighted by molar-refractivity contribution is 0.180. The first-order valence-corrected chi connectivity index (χ1v) is 9.45. The highest BCUT2D eigenvalue weighted by Gasteiger charge is 2.29. The van der Waals surface area contributed by atoms with E-state index in [2.05, 4.69) is 46.4 Å². The van der Waals surface area contributed by atoms with Gasteiger partial charge in [-0.2, -0.15) is 11.8 Å². The molecule has 0 saturated carbocycles. The molecule has 1 aliphatic heterocycles. The number of methoxy groups -OCH3 is 1. The number of nitrogens with zero attached hydrogens (tertiary/aromatic N) is 2. The molecule has 0 radical (unpaired) electrons. The van der Waals surface area contributed by atoms with Crippen LogP contribution < -0.4 is 0 Å². The third-order valence-electron chi connectivity index (χ3n) is 3.02. The Morgan fingerprint density at radius 3 is 2.74 bits per heavy atom. The van der Waals surface area contributed by atoms with Crippen molar-refractivity contribution in [3.8, 4) is 0 Å². The van der Waals surface area contributed by atoms with Gasteiger partial charge in [-0.3, -0.25) is 0 Å². The fourth-order valence-electron chi connectivity index (χ4n) is 1.78. The van der Waals surface area contributed by atoms with Crippen molar-refractivity contribution in [2.24, 2.45) is 0 Å². The van der Waals surface area contributed by atoms with Gasteiger partial charge in [-0.15, -0.1) is 11.8 Å². The van der Waals surface area contributed by atoms with Gasteiger partial charge in [0, 0.05) is 23.4 Å². The van der Waals surface area contributed by atoms with E-state index in [9.17, 15) is 0 Å². The van der Waals surface area contributed by atoms with Gasteiger partial charge in [-0.05, 0) is 22.6 Å². The van der Waals surface area contributed by atoms with E-state index < -0.39 is 0 Å². The van der Waals surface area contributed by atoms with Crippen LogP contribution in [0, 0.1) is 3.57 Å². The molecule has 0 spiro atoms.